The van der Waals surface area contributed by atoms with E-state index in [0.29, 0.717) is 5.96 Å². The predicted octanol–water partition coefficient (Wildman–Crippen LogP) is 3.34. The fourth-order valence-corrected chi connectivity index (χ4v) is 3.51. The number of guanidine groups is 1. The monoisotopic (exact) mass is 303 g/mol. The Kier molecular flexibility index (Phi) is 3.98. The van der Waals surface area contributed by atoms with Crippen LogP contribution in [0.3, 0.4) is 0 Å². The summed E-state index contributed by atoms with van der Waals surface area (Å²) in [6, 6.07) is 13.2. The second-order valence-corrected chi connectivity index (χ2v) is 6.61. The average Bonchev–Trinajstić information content (AvgIpc) is 3.11. The standard InChI is InChI=1S/C15H17N3S2/c1-19-12-6-4-11(5-7-12)14-9-17-15(16)18(14)10-13-3-2-8-20-13/h2-8,14H,9-10H2,1H3,(H2,16,17). The van der Waals surface area contributed by atoms with Crippen LogP contribution >= 0.6 is 23.1 Å². The fraction of sp³-hybridized carbons (Fsp3) is 0.267. The maximum Gasteiger partial charge on any atom is 0.192 e. The number of hydrogen-bond acceptors (Lipinski definition) is 5. The van der Waals surface area contributed by atoms with Crippen molar-refractivity contribution in [2.75, 3.05) is 12.8 Å². The summed E-state index contributed by atoms with van der Waals surface area (Å²) in [7, 11) is 0. The lowest BCUT2D eigenvalue weighted by molar-refractivity contribution is 0.343. The van der Waals surface area contributed by atoms with E-state index < -0.39 is 0 Å². The first kappa shape index (κ1) is 13.5. The van der Waals surface area contributed by atoms with E-state index >= 15 is 0 Å². The number of benzene rings is 1. The molecule has 3 rings (SSSR count). The maximum atomic E-state index is 6.06. The average molecular weight is 303 g/mol. The van der Waals surface area contributed by atoms with Crippen LogP contribution in [0.4, 0.5) is 0 Å². The predicted molar refractivity (Wildman–Crippen MR) is 87.3 cm³/mol. The Morgan fingerprint density at radius 3 is 2.80 bits per heavy atom. The highest BCUT2D eigenvalue weighted by molar-refractivity contribution is 7.98. The molecule has 0 fully saturated rings. The van der Waals surface area contributed by atoms with Gasteiger partial charge in [0.25, 0.3) is 0 Å². The highest BCUT2D eigenvalue weighted by Crippen LogP contribution is 2.29. The van der Waals surface area contributed by atoms with Crippen LogP contribution in [0, 0.1) is 0 Å². The summed E-state index contributed by atoms with van der Waals surface area (Å²) in [5.74, 6) is 0.650. The first-order valence-electron chi connectivity index (χ1n) is 6.51. The lowest BCUT2D eigenvalue weighted by Crippen LogP contribution is -2.35. The normalized spacial score (nSPS) is 18.4. The Bertz CT molecular complexity index is 590. The van der Waals surface area contributed by atoms with Crippen LogP contribution in [0.25, 0.3) is 0 Å². The Morgan fingerprint density at radius 1 is 1.35 bits per heavy atom. The number of hydrogen-bond donors (Lipinski definition) is 1. The van der Waals surface area contributed by atoms with Crippen molar-refractivity contribution in [3.05, 3.63) is 52.2 Å². The van der Waals surface area contributed by atoms with Crippen molar-refractivity contribution in [2.45, 2.75) is 17.5 Å². The number of nitrogens with zero attached hydrogens (tertiary/aromatic N) is 2. The maximum absolute atomic E-state index is 6.06. The van der Waals surface area contributed by atoms with Gasteiger partial charge in [-0.1, -0.05) is 18.2 Å². The molecule has 2 heterocycles. The quantitative estimate of drug-likeness (QED) is 0.881. The summed E-state index contributed by atoms with van der Waals surface area (Å²) < 4.78 is 0. The van der Waals surface area contributed by atoms with Gasteiger partial charge in [0, 0.05) is 9.77 Å². The molecule has 1 aliphatic heterocycles. The van der Waals surface area contributed by atoms with Crippen LogP contribution < -0.4 is 5.73 Å². The van der Waals surface area contributed by atoms with E-state index in [4.69, 9.17) is 5.73 Å². The second kappa shape index (κ2) is 5.89. The largest absolute Gasteiger partial charge is 0.370 e. The van der Waals surface area contributed by atoms with Crippen LogP contribution in [-0.2, 0) is 6.54 Å². The first-order valence-corrected chi connectivity index (χ1v) is 8.61. The molecule has 104 valence electrons. The third-order valence-corrected chi connectivity index (χ3v) is 5.11. The van der Waals surface area contributed by atoms with Gasteiger partial charge >= 0.3 is 0 Å². The second-order valence-electron chi connectivity index (χ2n) is 4.70. The van der Waals surface area contributed by atoms with Gasteiger partial charge in [-0.15, -0.1) is 23.1 Å². The molecule has 0 aliphatic carbocycles. The van der Waals surface area contributed by atoms with Gasteiger partial charge in [-0.25, -0.2) is 0 Å². The minimum atomic E-state index is 0.257. The third-order valence-electron chi connectivity index (χ3n) is 3.50. The molecule has 0 saturated carbocycles. The molecule has 0 saturated heterocycles. The molecule has 2 aromatic rings. The van der Waals surface area contributed by atoms with Crippen LogP contribution in [-0.4, -0.2) is 23.7 Å². The molecule has 0 radical (unpaired) electrons. The van der Waals surface area contributed by atoms with Gasteiger partial charge in [0.2, 0.25) is 0 Å². The molecule has 1 unspecified atom stereocenters. The van der Waals surface area contributed by atoms with E-state index in [1.54, 1.807) is 23.1 Å². The fourth-order valence-electron chi connectivity index (χ4n) is 2.40. The Morgan fingerprint density at radius 2 is 2.15 bits per heavy atom. The van der Waals surface area contributed by atoms with Gasteiger partial charge in [0.15, 0.2) is 5.96 Å². The minimum Gasteiger partial charge on any atom is -0.370 e. The molecule has 1 atom stereocenters. The van der Waals surface area contributed by atoms with E-state index in [1.165, 1.54) is 15.3 Å². The number of thioether (sulfide) groups is 1. The highest BCUT2D eigenvalue weighted by Gasteiger charge is 2.27. The van der Waals surface area contributed by atoms with Gasteiger partial charge in [0.1, 0.15) is 0 Å². The van der Waals surface area contributed by atoms with Crippen molar-refractivity contribution < 1.29 is 0 Å². The summed E-state index contributed by atoms with van der Waals surface area (Å²) in [5.41, 5.74) is 7.34. The Labute approximate surface area is 127 Å². The summed E-state index contributed by atoms with van der Waals surface area (Å²) in [4.78, 5) is 9.21. The molecular formula is C15H17N3S2. The number of aliphatic imine (C=N–C) groups is 1. The molecule has 3 nitrogen and oxygen atoms in total. The van der Waals surface area contributed by atoms with E-state index in [0.717, 1.165) is 13.1 Å². The summed E-state index contributed by atoms with van der Waals surface area (Å²) in [5, 5.41) is 2.10. The van der Waals surface area contributed by atoms with Crippen molar-refractivity contribution in [2.24, 2.45) is 10.7 Å². The van der Waals surface area contributed by atoms with Crippen molar-refractivity contribution in [1.82, 2.24) is 4.90 Å². The first-order chi connectivity index (χ1) is 9.78. The molecule has 2 N–H and O–H groups in total. The zero-order valence-electron chi connectivity index (χ0n) is 11.3. The van der Waals surface area contributed by atoms with Crippen molar-refractivity contribution in [1.29, 1.82) is 0 Å². The summed E-state index contributed by atoms with van der Waals surface area (Å²) in [6.45, 7) is 1.58. The van der Waals surface area contributed by atoms with Crippen LogP contribution in [0.5, 0.6) is 0 Å². The SMILES string of the molecule is CSc1ccc(C2CN=C(N)N2Cc2cccs2)cc1. The summed E-state index contributed by atoms with van der Waals surface area (Å²) >= 11 is 3.52. The smallest absolute Gasteiger partial charge is 0.192 e. The lowest BCUT2D eigenvalue weighted by atomic mass is 10.1. The molecule has 20 heavy (non-hydrogen) atoms. The van der Waals surface area contributed by atoms with Crippen molar-refractivity contribution >= 4 is 29.1 Å². The van der Waals surface area contributed by atoms with Gasteiger partial charge in [-0.05, 0) is 35.4 Å². The van der Waals surface area contributed by atoms with Crippen LogP contribution in [0.1, 0.15) is 16.5 Å². The minimum absolute atomic E-state index is 0.257. The Hall–Kier alpha value is -1.46. The van der Waals surface area contributed by atoms with Crippen molar-refractivity contribution in [3.63, 3.8) is 0 Å². The molecule has 1 aromatic carbocycles. The number of nitrogens with two attached hydrogens (primary N) is 1. The lowest BCUT2D eigenvalue weighted by Gasteiger charge is -2.26. The van der Waals surface area contributed by atoms with E-state index in [-0.39, 0.29) is 6.04 Å². The van der Waals surface area contributed by atoms with E-state index in [9.17, 15) is 0 Å². The van der Waals surface area contributed by atoms with Gasteiger partial charge < -0.3 is 10.6 Å². The number of rotatable bonds is 4. The van der Waals surface area contributed by atoms with E-state index in [2.05, 4.69) is 57.9 Å². The highest BCUT2D eigenvalue weighted by atomic mass is 32.2. The zero-order valence-corrected chi connectivity index (χ0v) is 13.0. The van der Waals surface area contributed by atoms with Crippen LogP contribution in [0.2, 0.25) is 0 Å². The summed E-state index contributed by atoms with van der Waals surface area (Å²) in [6.07, 6.45) is 2.09. The van der Waals surface area contributed by atoms with Gasteiger partial charge in [-0.3, -0.25) is 4.99 Å². The molecule has 1 aromatic heterocycles. The Balaban J connectivity index is 1.81. The molecule has 0 bridgehead atoms. The van der Waals surface area contributed by atoms with E-state index in [1.807, 2.05) is 0 Å². The molecule has 0 amide bonds. The molecular weight excluding hydrogens is 286 g/mol. The molecule has 5 heteroatoms. The zero-order chi connectivity index (χ0) is 13.9. The third kappa shape index (κ3) is 2.69. The van der Waals surface area contributed by atoms with Gasteiger partial charge in [0.05, 0.1) is 19.1 Å². The number of thiophene rings is 1. The molecule has 0 spiro atoms. The van der Waals surface area contributed by atoms with Crippen LogP contribution in [0.15, 0.2) is 51.7 Å². The molecule has 1 aliphatic rings. The van der Waals surface area contributed by atoms with Crippen molar-refractivity contribution in [3.8, 4) is 0 Å². The topological polar surface area (TPSA) is 41.6 Å². The van der Waals surface area contributed by atoms with Gasteiger partial charge in [-0.2, -0.15) is 0 Å².